The van der Waals surface area contributed by atoms with Gasteiger partial charge >= 0.3 is 0 Å². The maximum absolute atomic E-state index is 12.6. The standard InChI is InChI=1S/C22H14Cl4N4O5/c23-15-4-1-12(7-16(15)24)9-29-10-18(26)21(28-29)27-22(31)20-6-3-14(35-20)11-34-19-5-2-13(30(32)33)8-17(19)25/h1-8,10H,9,11H2,(H,27,28,31). The average Bonchev–Trinajstić information content (AvgIpc) is 3.42. The number of ether oxygens (including phenoxy) is 1. The minimum atomic E-state index is -0.564. The number of benzene rings is 2. The monoisotopic (exact) mass is 554 g/mol. The van der Waals surface area contributed by atoms with Gasteiger partial charge in [-0.05, 0) is 35.9 Å². The van der Waals surface area contributed by atoms with Crippen molar-refractivity contribution in [2.75, 3.05) is 5.32 Å². The summed E-state index contributed by atoms with van der Waals surface area (Å²) in [6.07, 6.45) is 1.56. The van der Waals surface area contributed by atoms with Crippen LogP contribution in [0.5, 0.6) is 5.75 Å². The van der Waals surface area contributed by atoms with E-state index in [1.807, 2.05) is 0 Å². The van der Waals surface area contributed by atoms with Crippen LogP contribution in [-0.4, -0.2) is 20.6 Å². The lowest BCUT2D eigenvalue weighted by atomic mass is 10.2. The zero-order valence-corrected chi connectivity index (χ0v) is 20.5. The summed E-state index contributed by atoms with van der Waals surface area (Å²) in [5.41, 5.74) is 0.692. The first-order chi connectivity index (χ1) is 16.7. The van der Waals surface area contributed by atoms with Gasteiger partial charge in [0.2, 0.25) is 0 Å². The maximum atomic E-state index is 12.6. The molecule has 0 bridgehead atoms. The second-order valence-corrected chi connectivity index (χ2v) is 8.78. The number of furan rings is 1. The van der Waals surface area contributed by atoms with E-state index in [-0.39, 0.29) is 39.7 Å². The van der Waals surface area contributed by atoms with Crippen LogP contribution in [0.2, 0.25) is 20.1 Å². The molecule has 0 saturated carbocycles. The molecule has 2 heterocycles. The smallest absolute Gasteiger partial charge is 0.292 e. The number of amides is 1. The number of hydrogen-bond acceptors (Lipinski definition) is 6. The maximum Gasteiger partial charge on any atom is 0.292 e. The first-order valence-electron chi connectivity index (χ1n) is 9.83. The third kappa shape index (κ3) is 6.07. The molecule has 0 spiro atoms. The molecular formula is C22H14Cl4N4O5. The number of halogens is 4. The Balaban J connectivity index is 1.37. The van der Waals surface area contributed by atoms with E-state index in [2.05, 4.69) is 10.4 Å². The van der Waals surface area contributed by atoms with Gasteiger partial charge in [0.15, 0.2) is 11.6 Å². The van der Waals surface area contributed by atoms with E-state index in [9.17, 15) is 14.9 Å². The van der Waals surface area contributed by atoms with Crippen LogP contribution in [0.15, 0.2) is 59.1 Å². The van der Waals surface area contributed by atoms with Crippen LogP contribution in [0.4, 0.5) is 11.5 Å². The summed E-state index contributed by atoms with van der Waals surface area (Å²) in [5.74, 6) is 0.170. The molecule has 9 nitrogen and oxygen atoms in total. The van der Waals surface area contributed by atoms with Crippen molar-refractivity contribution in [3.63, 3.8) is 0 Å². The van der Waals surface area contributed by atoms with Crippen molar-refractivity contribution in [2.45, 2.75) is 13.2 Å². The van der Waals surface area contributed by atoms with Crippen LogP contribution in [0.25, 0.3) is 0 Å². The topological polar surface area (TPSA) is 112 Å². The fourth-order valence-corrected chi connectivity index (χ4v) is 3.75. The second kappa shape index (κ2) is 10.6. The number of carbonyl (C=O) groups is 1. The highest BCUT2D eigenvalue weighted by atomic mass is 35.5. The van der Waals surface area contributed by atoms with Gasteiger partial charge in [0.05, 0.1) is 26.5 Å². The van der Waals surface area contributed by atoms with E-state index in [1.165, 1.54) is 24.3 Å². The Morgan fingerprint density at radius 3 is 2.54 bits per heavy atom. The molecule has 0 radical (unpaired) electrons. The van der Waals surface area contributed by atoms with Crippen LogP contribution in [0.1, 0.15) is 21.9 Å². The van der Waals surface area contributed by atoms with E-state index >= 15 is 0 Å². The largest absolute Gasteiger partial charge is 0.484 e. The van der Waals surface area contributed by atoms with Crippen molar-refractivity contribution in [3.05, 3.63) is 102 Å². The lowest BCUT2D eigenvalue weighted by molar-refractivity contribution is -0.384. The summed E-state index contributed by atoms with van der Waals surface area (Å²) in [6, 6.07) is 12.1. The molecule has 0 fully saturated rings. The number of nitrogens with zero attached hydrogens (tertiary/aromatic N) is 3. The predicted molar refractivity (Wildman–Crippen MR) is 132 cm³/mol. The summed E-state index contributed by atoms with van der Waals surface area (Å²) in [4.78, 5) is 22.8. The molecule has 4 aromatic rings. The van der Waals surface area contributed by atoms with Crippen LogP contribution >= 0.6 is 46.4 Å². The zero-order chi connectivity index (χ0) is 25.1. The highest BCUT2D eigenvalue weighted by Gasteiger charge is 2.17. The number of non-ortho nitro benzene ring substituents is 1. The Kier molecular flexibility index (Phi) is 7.51. The third-order valence-electron chi connectivity index (χ3n) is 4.66. The molecule has 0 saturated heterocycles. The van der Waals surface area contributed by atoms with Crippen molar-refractivity contribution in [1.82, 2.24) is 9.78 Å². The van der Waals surface area contributed by atoms with E-state index in [1.54, 1.807) is 35.1 Å². The number of nitrogens with one attached hydrogen (secondary N) is 1. The molecule has 13 heteroatoms. The van der Waals surface area contributed by atoms with Crippen LogP contribution in [-0.2, 0) is 13.2 Å². The van der Waals surface area contributed by atoms with Crippen LogP contribution in [0, 0.1) is 10.1 Å². The Labute approximate surface area is 218 Å². The number of carbonyl (C=O) groups excluding carboxylic acids is 1. The highest BCUT2D eigenvalue weighted by molar-refractivity contribution is 6.42. The molecule has 1 N–H and O–H groups in total. The van der Waals surface area contributed by atoms with Gasteiger partial charge < -0.3 is 14.5 Å². The Morgan fingerprint density at radius 1 is 1.03 bits per heavy atom. The summed E-state index contributed by atoms with van der Waals surface area (Å²) in [6.45, 7) is 0.309. The number of anilines is 1. The van der Waals surface area contributed by atoms with E-state index in [4.69, 9.17) is 55.6 Å². The summed E-state index contributed by atoms with van der Waals surface area (Å²) < 4.78 is 12.6. The fraction of sp³-hybridized carbons (Fsp3) is 0.0909. The molecular weight excluding hydrogens is 542 g/mol. The lowest BCUT2D eigenvalue weighted by Crippen LogP contribution is -2.12. The molecule has 0 aliphatic rings. The highest BCUT2D eigenvalue weighted by Crippen LogP contribution is 2.29. The Hall–Kier alpha value is -3.24. The van der Waals surface area contributed by atoms with Crippen molar-refractivity contribution < 1.29 is 18.9 Å². The average molecular weight is 556 g/mol. The van der Waals surface area contributed by atoms with E-state index in [0.29, 0.717) is 22.4 Å². The molecule has 0 unspecified atom stereocenters. The van der Waals surface area contributed by atoms with Crippen LogP contribution in [0.3, 0.4) is 0 Å². The summed E-state index contributed by atoms with van der Waals surface area (Å²) in [7, 11) is 0. The van der Waals surface area contributed by atoms with E-state index < -0.39 is 10.8 Å². The fourth-order valence-electron chi connectivity index (χ4n) is 3.00. The number of nitro groups is 1. The van der Waals surface area contributed by atoms with Gasteiger partial charge in [-0.3, -0.25) is 19.6 Å². The lowest BCUT2D eigenvalue weighted by Gasteiger charge is -2.06. The Morgan fingerprint density at radius 2 is 1.83 bits per heavy atom. The number of aromatic nitrogens is 2. The van der Waals surface area contributed by atoms with Crippen molar-refractivity contribution in [3.8, 4) is 5.75 Å². The van der Waals surface area contributed by atoms with Gasteiger partial charge in [0, 0.05) is 18.3 Å². The molecule has 0 aliphatic carbocycles. The predicted octanol–water partition coefficient (Wildman–Crippen LogP) is 6.88. The second-order valence-electron chi connectivity index (χ2n) is 7.15. The molecule has 0 aliphatic heterocycles. The van der Waals surface area contributed by atoms with Gasteiger partial charge in [-0.1, -0.05) is 52.5 Å². The SMILES string of the molecule is O=C(Nc1nn(Cc2ccc(Cl)c(Cl)c2)cc1Cl)c1ccc(COc2ccc([N+](=O)[O-])cc2Cl)o1. The van der Waals surface area contributed by atoms with Gasteiger partial charge in [0.1, 0.15) is 23.1 Å². The minimum Gasteiger partial charge on any atom is -0.484 e. The third-order valence-corrected chi connectivity index (χ3v) is 5.97. The van der Waals surface area contributed by atoms with Gasteiger partial charge in [-0.2, -0.15) is 5.10 Å². The zero-order valence-electron chi connectivity index (χ0n) is 17.5. The number of rotatable bonds is 8. The molecule has 4 rings (SSSR count). The molecule has 2 aromatic carbocycles. The Bertz CT molecular complexity index is 1420. The molecule has 2 aromatic heterocycles. The van der Waals surface area contributed by atoms with E-state index in [0.717, 1.165) is 5.56 Å². The first-order valence-corrected chi connectivity index (χ1v) is 11.3. The van der Waals surface area contributed by atoms with Crippen molar-refractivity contribution in [1.29, 1.82) is 0 Å². The van der Waals surface area contributed by atoms with Gasteiger partial charge in [-0.15, -0.1) is 0 Å². The minimum absolute atomic E-state index is 0.00787. The van der Waals surface area contributed by atoms with Crippen LogP contribution < -0.4 is 10.1 Å². The molecule has 35 heavy (non-hydrogen) atoms. The molecule has 0 atom stereocenters. The van der Waals surface area contributed by atoms with Crippen molar-refractivity contribution >= 4 is 63.8 Å². The van der Waals surface area contributed by atoms with Crippen molar-refractivity contribution in [2.24, 2.45) is 0 Å². The first kappa shape index (κ1) is 24.9. The summed E-state index contributed by atoms with van der Waals surface area (Å²) in [5, 5.41) is 18.9. The van der Waals surface area contributed by atoms with Gasteiger partial charge in [-0.25, -0.2) is 0 Å². The number of nitro benzene ring substituents is 1. The number of hydrogen-bond donors (Lipinski definition) is 1. The normalized spacial score (nSPS) is 10.9. The quantitative estimate of drug-likeness (QED) is 0.187. The molecule has 1 amide bonds. The van der Waals surface area contributed by atoms with Gasteiger partial charge in [0.25, 0.3) is 11.6 Å². The molecule has 180 valence electrons. The summed E-state index contributed by atoms with van der Waals surface area (Å²) >= 11 is 24.2.